The van der Waals surface area contributed by atoms with E-state index in [-0.39, 0.29) is 30.2 Å². The van der Waals surface area contributed by atoms with Crippen LogP contribution in [-0.4, -0.2) is 31.0 Å². The lowest BCUT2D eigenvalue weighted by Gasteiger charge is -2.16. The molecule has 1 aromatic heterocycles. The number of fused-ring (bicyclic) bond motifs is 1. The van der Waals surface area contributed by atoms with Crippen molar-refractivity contribution in [1.29, 1.82) is 0 Å². The van der Waals surface area contributed by atoms with Gasteiger partial charge in [-0.25, -0.2) is 0 Å². The molecule has 126 valence electrons. The molecule has 0 saturated heterocycles. The Morgan fingerprint density at radius 3 is 2.88 bits per heavy atom. The van der Waals surface area contributed by atoms with Gasteiger partial charge >= 0.3 is 0 Å². The van der Waals surface area contributed by atoms with E-state index in [0.717, 1.165) is 11.3 Å². The molecule has 0 saturated carbocycles. The minimum atomic E-state index is -0.299. The molecule has 24 heavy (non-hydrogen) atoms. The third-order valence-corrected chi connectivity index (χ3v) is 3.92. The van der Waals surface area contributed by atoms with Gasteiger partial charge in [-0.05, 0) is 25.1 Å². The highest BCUT2D eigenvalue weighted by atomic mass is 16.5. The second kappa shape index (κ2) is 7.21. The Kier molecular flexibility index (Phi) is 4.84. The number of carbonyl (C=O) groups excluding carboxylic acids is 2. The Morgan fingerprint density at radius 1 is 1.25 bits per heavy atom. The highest BCUT2D eigenvalue weighted by Gasteiger charge is 2.29. The molecule has 1 unspecified atom stereocenters. The summed E-state index contributed by atoms with van der Waals surface area (Å²) in [5.41, 5.74) is 0.907. The van der Waals surface area contributed by atoms with Crippen LogP contribution in [-0.2, 0) is 16.0 Å². The van der Waals surface area contributed by atoms with Crippen molar-refractivity contribution in [2.45, 2.75) is 25.3 Å². The summed E-state index contributed by atoms with van der Waals surface area (Å²) in [6, 6.07) is 10.9. The number of benzene rings is 1. The average molecular weight is 328 g/mol. The molecule has 2 atom stereocenters. The largest absolute Gasteiger partial charge is 0.492 e. The van der Waals surface area contributed by atoms with Crippen LogP contribution in [0.25, 0.3) is 0 Å². The summed E-state index contributed by atoms with van der Waals surface area (Å²) in [6.45, 7) is 2.56. The Morgan fingerprint density at radius 2 is 2.08 bits per heavy atom. The molecule has 0 spiro atoms. The first-order valence-corrected chi connectivity index (χ1v) is 7.94. The first-order chi connectivity index (χ1) is 11.6. The van der Waals surface area contributed by atoms with Gasteiger partial charge in [0.15, 0.2) is 0 Å². The summed E-state index contributed by atoms with van der Waals surface area (Å²) in [7, 11) is 0. The monoisotopic (exact) mass is 328 g/mol. The van der Waals surface area contributed by atoms with E-state index >= 15 is 0 Å². The smallest absolute Gasteiger partial charge is 0.231 e. The van der Waals surface area contributed by atoms with Crippen LogP contribution in [0.1, 0.15) is 24.2 Å². The van der Waals surface area contributed by atoms with Gasteiger partial charge in [0.05, 0.1) is 12.7 Å². The normalized spacial score (nSPS) is 16.8. The molecule has 1 aliphatic rings. The van der Waals surface area contributed by atoms with E-state index in [2.05, 4.69) is 10.6 Å². The van der Waals surface area contributed by atoms with Crippen molar-refractivity contribution in [3.63, 3.8) is 0 Å². The molecule has 2 amide bonds. The molecule has 2 heterocycles. The van der Waals surface area contributed by atoms with Gasteiger partial charge in [0.1, 0.15) is 24.0 Å². The van der Waals surface area contributed by atoms with Crippen molar-refractivity contribution in [3.05, 3.63) is 54.0 Å². The topological polar surface area (TPSA) is 80.6 Å². The lowest BCUT2D eigenvalue weighted by atomic mass is 10.0. The number of nitrogens with one attached hydrogen (secondary N) is 2. The molecule has 6 nitrogen and oxygen atoms in total. The summed E-state index contributed by atoms with van der Waals surface area (Å²) in [4.78, 5) is 24.2. The summed E-state index contributed by atoms with van der Waals surface area (Å²) in [5.74, 6) is 0.849. The molecule has 6 heteroatoms. The number of hydrogen-bond acceptors (Lipinski definition) is 4. The fourth-order valence-corrected chi connectivity index (χ4v) is 2.70. The van der Waals surface area contributed by atoms with Gasteiger partial charge in [0.2, 0.25) is 11.8 Å². The first-order valence-electron chi connectivity index (χ1n) is 7.94. The molecule has 2 aromatic rings. The lowest BCUT2D eigenvalue weighted by Crippen LogP contribution is -2.43. The highest BCUT2D eigenvalue weighted by molar-refractivity contribution is 5.85. The number of para-hydroxylation sites is 1. The molecule has 1 aliphatic heterocycles. The van der Waals surface area contributed by atoms with Gasteiger partial charge in [-0.1, -0.05) is 18.2 Å². The number of furan rings is 1. The number of hydrogen-bond donors (Lipinski definition) is 2. The Balaban J connectivity index is 1.45. The number of carbonyl (C=O) groups is 2. The van der Waals surface area contributed by atoms with E-state index in [9.17, 15) is 9.59 Å². The Bertz CT molecular complexity index is 712. The second-order valence-electron chi connectivity index (χ2n) is 5.87. The molecule has 0 fully saturated rings. The maximum Gasteiger partial charge on any atom is 0.231 e. The predicted molar refractivity (Wildman–Crippen MR) is 87.7 cm³/mol. The number of amides is 2. The van der Waals surface area contributed by atoms with Crippen molar-refractivity contribution in [2.24, 2.45) is 0 Å². The van der Waals surface area contributed by atoms with Crippen LogP contribution < -0.4 is 15.4 Å². The molecular formula is C18H20N2O4. The van der Waals surface area contributed by atoms with Crippen LogP contribution >= 0.6 is 0 Å². The van der Waals surface area contributed by atoms with E-state index < -0.39 is 0 Å². The van der Waals surface area contributed by atoms with Crippen LogP contribution in [0.2, 0.25) is 0 Å². The molecule has 1 aromatic carbocycles. The van der Waals surface area contributed by atoms with Gasteiger partial charge in [-0.3, -0.25) is 9.59 Å². The maximum atomic E-state index is 12.3. The Labute approximate surface area is 140 Å². The van der Waals surface area contributed by atoms with E-state index in [1.807, 2.05) is 31.2 Å². The zero-order chi connectivity index (χ0) is 16.9. The summed E-state index contributed by atoms with van der Waals surface area (Å²) in [6.07, 6.45) is 1.73. The first kappa shape index (κ1) is 16.1. The standard InChI is InChI=1S/C18H20N2O4/c1-12(20-17(21)9-13-5-4-8-23-13)10-19-18(22)15-11-24-16-7-3-2-6-14(15)16/h2-8,12,15H,9-11H2,1H3,(H,19,22)(H,20,21)/t12-,15?/m0/s1. The SMILES string of the molecule is C[C@@H](CNC(=O)C1COc2ccccc21)NC(=O)Cc1ccco1. The maximum absolute atomic E-state index is 12.3. The van der Waals surface area contributed by atoms with E-state index in [4.69, 9.17) is 9.15 Å². The predicted octanol–water partition coefficient (Wildman–Crippen LogP) is 1.62. The van der Waals surface area contributed by atoms with Crippen LogP contribution in [0.5, 0.6) is 5.75 Å². The number of ether oxygens (including phenoxy) is 1. The van der Waals surface area contributed by atoms with E-state index in [1.165, 1.54) is 6.26 Å². The van der Waals surface area contributed by atoms with Crippen molar-refractivity contribution in [2.75, 3.05) is 13.2 Å². The van der Waals surface area contributed by atoms with Gasteiger partial charge in [0.25, 0.3) is 0 Å². The van der Waals surface area contributed by atoms with Crippen molar-refractivity contribution < 1.29 is 18.7 Å². The zero-order valence-corrected chi connectivity index (χ0v) is 13.5. The van der Waals surface area contributed by atoms with Crippen molar-refractivity contribution in [1.82, 2.24) is 10.6 Å². The highest BCUT2D eigenvalue weighted by Crippen LogP contribution is 2.33. The molecule has 2 N–H and O–H groups in total. The van der Waals surface area contributed by atoms with Crippen molar-refractivity contribution >= 4 is 11.8 Å². The number of rotatable bonds is 6. The fourth-order valence-electron chi connectivity index (χ4n) is 2.70. The quantitative estimate of drug-likeness (QED) is 0.844. The van der Waals surface area contributed by atoms with Crippen LogP contribution in [0, 0.1) is 0 Å². The van der Waals surface area contributed by atoms with Gasteiger partial charge in [-0.15, -0.1) is 0 Å². The minimum absolute atomic E-state index is 0.0907. The van der Waals surface area contributed by atoms with Gasteiger partial charge in [0, 0.05) is 18.2 Å². The lowest BCUT2D eigenvalue weighted by molar-refractivity contribution is -0.124. The van der Waals surface area contributed by atoms with E-state index in [0.29, 0.717) is 18.9 Å². The van der Waals surface area contributed by atoms with Crippen LogP contribution in [0.3, 0.4) is 0 Å². The van der Waals surface area contributed by atoms with Crippen LogP contribution in [0.4, 0.5) is 0 Å². The third-order valence-electron chi connectivity index (χ3n) is 3.92. The molecular weight excluding hydrogens is 308 g/mol. The van der Waals surface area contributed by atoms with Crippen LogP contribution in [0.15, 0.2) is 47.1 Å². The Hall–Kier alpha value is -2.76. The third kappa shape index (κ3) is 3.76. The molecule has 0 radical (unpaired) electrons. The summed E-state index contributed by atoms with van der Waals surface area (Å²) >= 11 is 0. The van der Waals surface area contributed by atoms with E-state index in [1.54, 1.807) is 12.1 Å². The zero-order valence-electron chi connectivity index (χ0n) is 13.5. The minimum Gasteiger partial charge on any atom is -0.492 e. The van der Waals surface area contributed by atoms with Crippen molar-refractivity contribution in [3.8, 4) is 5.75 Å². The second-order valence-corrected chi connectivity index (χ2v) is 5.87. The van der Waals surface area contributed by atoms with Gasteiger partial charge in [-0.2, -0.15) is 0 Å². The molecule has 3 rings (SSSR count). The summed E-state index contributed by atoms with van der Waals surface area (Å²) in [5, 5.41) is 5.71. The summed E-state index contributed by atoms with van der Waals surface area (Å²) < 4.78 is 10.7. The fraction of sp³-hybridized carbons (Fsp3) is 0.333. The average Bonchev–Trinajstić information content (AvgIpc) is 3.21. The molecule has 0 bridgehead atoms. The van der Waals surface area contributed by atoms with Gasteiger partial charge < -0.3 is 19.8 Å². The molecule has 0 aliphatic carbocycles.